The second kappa shape index (κ2) is 5.37. The summed E-state index contributed by atoms with van der Waals surface area (Å²) in [7, 11) is 2.66. The van der Waals surface area contributed by atoms with E-state index in [1.807, 2.05) is 0 Å². The number of carbonyl (C=O) groups is 1. The molecule has 0 heterocycles. The number of phenols is 1. The Hall–Kier alpha value is -1.75. The number of hydrogen-bond acceptors (Lipinski definition) is 5. The van der Waals surface area contributed by atoms with Crippen LogP contribution in [0.2, 0.25) is 0 Å². The van der Waals surface area contributed by atoms with E-state index >= 15 is 0 Å². The Kier molecular flexibility index (Phi) is 4.13. The summed E-state index contributed by atoms with van der Waals surface area (Å²) in [5, 5.41) is 19.0. The molecule has 0 aromatic heterocycles. The van der Waals surface area contributed by atoms with Crippen LogP contribution in [-0.2, 0) is 9.53 Å². The van der Waals surface area contributed by atoms with Crippen LogP contribution in [0, 0.1) is 0 Å². The number of aliphatic hydroxyl groups excluding tert-OH is 1. The fraction of sp³-hybridized carbons (Fsp3) is 0.364. The quantitative estimate of drug-likeness (QED) is 0.749. The Morgan fingerprint density at radius 2 is 2.12 bits per heavy atom. The van der Waals surface area contributed by atoms with Gasteiger partial charge in [-0.3, -0.25) is 4.79 Å². The van der Waals surface area contributed by atoms with Gasteiger partial charge in [-0.1, -0.05) is 6.07 Å². The largest absolute Gasteiger partial charge is 0.504 e. The van der Waals surface area contributed by atoms with Gasteiger partial charge in [0.1, 0.15) is 0 Å². The minimum Gasteiger partial charge on any atom is -0.504 e. The molecule has 2 N–H and O–H groups in total. The van der Waals surface area contributed by atoms with Gasteiger partial charge in [0, 0.05) is 0 Å². The van der Waals surface area contributed by atoms with Gasteiger partial charge in [0.25, 0.3) is 0 Å². The van der Waals surface area contributed by atoms with Crippen LogP contribution < -0.4 is 4.74 Å². The molecule has 0 saturated heterocycles. The molecule has 1 rings (SSSR count). The average molecular weight is 226 g/mol. The zero-order valence-electron chi connectivity index (χ0n) is 9.14. The SMILES string of the molecule is COC(=O)C[C@H](O)c1ccc(O)c(OC)c1. The summed E-state index contributed by atoms with van der Waals surface area (Å²) in [6.07, 6.45) is -1.10. The molecular weight excluding hydrogens is 212 g/mol. The van der Waals surface area contributed by atoms with Crippen molar-refractivity contribution in [1.82, 2.24) is 0 Å². The Balaban J connectivity index is 2.83. The van der Waals surface area contributed by atoms with E-state index in [0.29, 0.717) is 5.56 Å². The van der Waals surface area contributed by atoms with Crippen LogP contribution in [0.4, 0.5) is 0 Å². The van der Waals surface area contributed by atoms with Gasteiger partial charge in [-0.05, 0) is 17.7 Å². The average Bonchev–Trinajstić information content (AvgIpc) is 2.29. The third-order valence-electron chi connectivity index (χ3n) is 2.18. The van der Waals surface area contributed by atoms with Gasteiger partial charge in [-0.25, -0.2) is 0 Å². The smallest absolute Gasteiger partial charge is 0.308 e. The summed E-state index contributed by atoms with van der Waals surface area (Å²) in [6.45, 7) is 0. The third kappa shape index (κ3) is 2.87. The van der Waals surface area contributed by atoms with Gasteiger partial charge >= 0.3 is 5.97 Å². The maximum Gasteiger partial charge on any atom is 0.308 e. The Morgan fingerprint density at radius 3 is 2.69 bits per heavy atom. The highest BCUT2D eigenvalue weighted by Crippen LogP contribution is 2.29. The summed E-state index contributed by atoms with van der Waals surface area (Å²) in [6, 6.07) is 4.39. The molecule has 0 spiro atoms. The fourth-order valence-electron chi connectivity index (χ4n) is 1.26. The number of hydrogen-bond donors (Lipinski definition) is 2. The van der Waals surface area contributed by atoms with Crippen molar-refractivity contribution < 1.29 is 24.5 Å². The predicted molar refractivity (Wildman–Crippen MR) is 56.3 cm³/mol. The van der Waals surface area contributed by atoms with Crippen molar-refractivity contribution in [1.29, 1.82) is 0 Å². The van der Waals surface area contributed by atoms with Crippen LogP contribution in [0.3, 0.4) is 0 Å². The van der Waals surface area contributed by atoms with Crippen LogP contribution in [-0.4, -0.2) is 30.4 Å². The van der Waals surface area contributed by atoms with Crippen LogP contribution >= 0.6 is 0 Å². The molecule has 0 aliphatic rings. The summed E-state index contributed by atoms with van der Waals surface area (Å²) in [4.78, 5) is 11.0. The first-order valence-corrected chi connectivity index (χ1v) is 4.70. The molecule has 5 nitrogen and oxygen atoms in total. The van der Waals surface area contributed by atoms with E-state index in [9.17, 15) is 15.0 Å². The number of ether oxygens (including phenoxy) is 2. The van der Waals surface area contributed by atoms with Crippen molar-refractivity contribution in [2.45, 2.75) is 12.5 Å². The van der Waals surface area contributed by atoms with E-state index in [1.165, 1.54) is 32.4 Å². The number of esters is 1. The standard InChI is InChI=1S/C11H14O5/c1-15-10-5-7(3-4-8(10)12)9(13)6-11(14)16-2/h3-5,9,12-13H,6H2,1-2H3/t9-/m0/s1. The molecule has 16 heavy (non-hydrogen) atoms. The Labute approximate surface area is 93.2 Å². The molecule has 88 valence electrons. The number of methoxy groups -OCH3 is 2. The minimum absolute atomic E-state index is 0.0171. The van der Waals surface area contributed by atoms with Crippen molar-refractivity contribution in [3.63, 3.8) is 0 Å². The lowest BCUT2D eigenvalue weighted by Crippen LogP contribution is -2.08. The molecule has 0 unspecified atom stereocenters. The molecule has 0 aliphatic carbocycles. The maximum absolute atomic E-state index is 11.0. The first kappa shape index (κ1) is 12.3. The van der Waals surface area contributed by atoms with Crippen LogP contribution in [0.5, 0.6) is 11.5 Å². The van der Waals surface area contributed by atoms with Gasteiger partial charge in [-0.15, -0.1) is 0 Å². The molecule has 0 bridgehead atoms. The van der Waals surface area contributed by atoms with Gasteiger partial charge in [0.2, 0.25) is 0 Å². The number of rotatable bonds is 4. The number of aromatic hydroxyl groups is 1. The highest BCUT2D eigenvalue weighted by molar-refractivity contribution is 5.70. The van der Waals surface area contributed by atoms with Crippen molar-refractivity contribution in [3.8, 4) is 11.5 Å². The number of phenolic OH excluding ortho intramolecular Hbond substituents is 1. The van der Waals surface area contributed by atoms with Gasteiger partial charge in [0.15, 0.2) is 11.5 Å². The van der Waals surface area contributed by atoms with E-state index in [2.05, 4.69) is 4.74 Å². The number of aliphatic hydroxyl groups is 1. The van der Waals surface area contributed by atoms with E-state index in [-0.39, 0.29) is 17.9 Å². The topological polar surface area (TPSA) is 76.0 Å². The van der Waals surface area contributed by atoms with Crippen LogP contribution in [0.15, 0.2) is 18.2 Å². The molecule has 1 aromatic rings. The molecular formula is C11H14O5. The first-order valence-electron chi connectivity index (χ1n) is 4.70. The monoisotopic (exact) mass is 226 g/mol. The predicted octanol–water partition coefficient (Wildman–Crippen LogP) is 0.997. The van der Waals surface area contributed by atoms with Crippen LogP contribution in [0.1, 0.15) is 18.1 Å². The molecule has 0 amide bonds. The highest BCUT2D eigenvalue weighted by Gasteiger charge is 2.15. The highest BCUT2D eigenvalue weighted by atomic mass is 16.5. The molecule has 0 aliphatic heterocycles. The molecule has 1 atom stereocenters. The molecule has 5 heteroatoms. The van der Waals surface area contributed by atoms with Gasteiger partial charge < -0.3 is 19.7 Å². The molecule has 0 fully saturated rings. The van der Waals surface area contributed by atoms with Crippen molar-refractivity contribution >= 4 is 5.97 Å². The van der Waals surface area contributed by atoms with Crippen molar-refractivity contribution in [3.05, 3.63) is 23.8 Å². The van der Waals surface area contributed by atoms with E-state index < -0.39 is 12.1 Å². The van der Waals surface area contributed by atoms with E-state index in [0.717, 1.165) is 0 Å². The summed E-state index contributed by atoms with van der Waals surface area (Å²) >= 11 is 0. The number of benzene rings is 1. The lowest BCUT2D eigenvalue weighted by Gasteiger charge is -2.11. The number of carbonyl (C=O) groups excluding carboxylic acids is 1. The lowest BCUT2D eigenvalue weighted by atomic mass is 10.1. The van der Waals surface area contributed by atoms with Crippen LogP contribution in [0.25, 0.3) is 0 Å². The van der Waals surface area contributed by atoms with E-state index in [4.69, 9.17) is 4.74 Å². The molecule has 0 radical (unpaired) electrons. The maximum atomic E-state index is 11.0. The Morgan fingerprint density at radius 1 is 1.44 bits per heavy atom. The summed E-state index contributed by atoms with van der Waals surface area (Å²) in [5.41, 5.74) is 0.486. The fourth-order valence-corrected chi connectivity index (χ4v) is 1.26. The summed E-state index contributed by atoms with van der Waals surface area (Å²) in [5.74, 6) is -0.266. The third-order valence-corrected chi connectivity index (χ3v) is 2.18. The van der Waals surface area contributed by atoms with Crippen molar-refractivity contribution in [2.75, 3.05) is 14.2 Å². The molecule has 0 saturated carbocycles. The Bertz CT molecular complexity index is 375. The normalized spacial score (nSPS) is 11.9. The summed E-state index contributed by atoms with van der Waals surface area (Å²) < 4.78 is 9.33. The molecule has 1 aromatic carbocycles. The zero-order chi connectivity index (χ0) is 12.1. The lowest BCUT2D eigenvalue weighted by molar-refractivity contribution is -0.142. The van der Waals surface area contributed by atoms with Gasteiger partial charge in [-0.2, -0.15) is 0 Å². The van der Waals surface area contributed by atoms with Gasteiger partial charge in [0.05, 0.1) is 26.7 Å². The minimum atomic E-state index is -0.970. The van der Waals surface area contributed by atoms with E-state index in [1.54, 1.807) is 0 Å². The second-order valence-corrected chi connectivity index (χ2v) is 3.23. The first-order chi connectivity index (χ1) is 7.58. The van der Waals surface area contributed by atoms with Crippen molar-refractivity contribution in [2.24, 2.45) is 0 Å². The second-order valence-electron chi connectivity index (χ2n) is 3.23. The zero-order valence-corrected chi connectivity index (χ0v) is 9.14.